The molecule has 0 radical (unpaired) electrons. The van der Waals surface area contributed by atoms with Gasteiger partial charge >= 0.3 is 6.03 Å². The average molecular weight is 199 g/mol. The number of amides is 2. The van der Waals surface area contributed by atoms with Gasteiger partial charge < -0.3 is 5.73 Å². The standard InChI is InChI=1S/C8H7F2N3O/c9-6-1-2-7(10)5(3-6)4-12-13-8(11)14/h1-4H,(H3,11,13,14)/b12-4+. The Bertz CT molecular complexity index is 379. The predicted molar refractivity (Wildman–Crippen MR) is 46.7 cm³/mol. The number of nitrogens with one attached hydrogen (secondary N) is 1. The van der Waals surface area contributed by atoms with E-state index in [1.807, 2.05) is 5.43 Å². The van der Waals surface area contributed by atoms with E-state index < -0.39 is 17.7 Å². The number of hydrogen-bond acceptors (Lipinski definition) is 2. The molecule has 74 valence electrons. The second-order valence-corrected chi connectivity index (χ2v) is 2.40. The number of urea groups is 1. The first-order chi connectivity index (χ1) is 6.59. The molecule has 4 nitrogen and oxygen atoms in total. The van der Waals surface area contributed by atoms with E-state index in [2.05, 4.69) is 5.10 Å². The zero-order valence-electron chi connectivity index (χ0n) is 7.00. The molecule has 3 N–H and O–H groups in total. The van der Waals surface area contributed by atoms with Gasteiger partial charge in [0, 0.05) is 5.56 Å². The van der Waals surface area contributed by atoms with Crippen molar-refractivity contribution in [1.29, 1.82) is 0 Å². The smallest absolute Gasteiger partial charge is 0.332 e. The third-order valence-corrected chi connectivity index (χ3v) is 1.34. The molecule has 0 saturated carbocycles. The van der Waals surface area contributed by atoms with Gasteiger partial charge in [-0.25, -0.2) is 19.0 Å². The van der Waals surface area contributed by atoms with E-state index in [1.54, 1.807) is 0 Å². The summed E-state index contributed by atoms with van der Waals surface area (Å²) in [5, 5.41) is 3.29. The maximum atomic E-state index is 12.9. The number of carbonyl (C=O) groups excluding carboxylic acids is 1. The van der Waals surface area contributed by atoms with Crippen molar-refractivity contribution in [2.24, 2.45) is 10.8 Å². The van der Waals surface area contributed by atoms with Crippen molar-refractivity contribution in [2.45, 2.75) is 0 Å². The molecule has 0 spiro atoms. The molecule has 0 atom stereocenters. The lowest BCUT2D eigenvalue weighted by molar-refractivity contribution is 0.249. The van der Waals surface area contributed by atoms with E-state index in [0.717, 1.165) is 24.4 Å². The third-order valence-electron chi connectivity index (χ3n) is 1.34. The van der Waals surface area contributed by atoms with E-state index in [-0.39, 0.29) is 5.56 Å². The van der Waals surface area contributed by atoms with Gasteiger partial charge in [-0.3, -0.25) is 0 Å². The monoisotopic (exact) mass is 199 g/mol. The summed E-state index contributed by atoms with van der Waals surface area (Å²) in [5.41, 5.74) is 6.48. The van der Waals surface area contributed by atoms with Crippen LogP contribution in [0.4, 0.5) is 13.6 Å². The quantitative estimate of drug-likeness (QED) is 0.540. The van der Waals surface area contributed by atoms with Gasteiger partial charge in [-0.15, -0.1) is 0 Å². The normalized spacial score (nSPS) is 10.4. The number of nitrogens with two attached hydrogens (primary N) is 1. The molecule has 0 fully saturated rings. The molecule has 0 aliphatic rings. The van der Waals surface area contributed by atoms with E-state index in [0.29, 0.717) is 0 Å². The van der Waals surface area contributed by atoms with Gasteiger partial charge in [0.2, 0.25) is 0 Å². The van der Waals surface area contributed by atoms with Crippen LogP contribution in [0.15, 0.2) is 23.3 Å². The van der Waals surface area contributed by atoms with E-state index in [1.165, 1.54) is 0 Å². The van der Waals surface area contributed by atoms with Gasteiger partial charge in [0.05, 0.1) is 6.21 Å². The highest BCUT2D eigenvalue weighted by Gasteiger charge is 2.00. The Labute approximate surface area is 78.4 Å². The van der Waals surface area contributed by atoms with Crippen molar-refractivity contribution in [3.05, 3.63) is 35.4 Å². The van der Waals surface area contributed by atoms with Gasteiger partial charge in [-0.1, -0.05) is 0 Å². The van der Waals surface area contributed by atoms with Gasteiger partial charge in [0.15, 0.2) is 0 Å². The summed E-state index contributed by atoms with van der Waals surface area (Å²) in [6.45, 7) is 0. The summed E-state index contributed by atoms with van der Waals surface area (Å²) >= 11 is 0. The largest absolute Gasteiger partial charge is 0.350 e. The molecule has 6 heteroatoms. The maximum Gasteiger partial charge on any atom is 0.332 e. The van der Waals surface area contributed by atoms with Crippen molar-refractivity contribution in [3.8, 4) is 0 Å². The van der Waals surface area contributed by atoms with Crippen molar-refractivity contribution < 1.29 is 13.6 Å². The lowest BCUT2D eigenvalue weighted by Crippen LogP contribution is -2.24. The number of primary amides is 1. The van der Waals surface area contributed by atoms with Gasteiger partial charge in [0.1, 0.15) is 11.6 Å². The first-order valence-corrected chi connectivity index (χ1v) is 3.63. The van der Waals surface area contributed by atoms with E-state index >= 15 is 0 Å². The SMILES string of the molecule is NC(=O)N/N=C/c1cc(F)ccc1F. The summed E-state index contributed by atoms with van der Waals surface area (Å²) in [6.07, 6.45) is 0.961. The Kier molecular flexibility index (Phi) is 3.11. The van der Waals surface area contributed by atoms with Crippen molar-refractivity contribution in [3.63, 3.8) is 0 Å². The van der Waals surface area contributed by atoms with Crippen molar-refractivity contribution >= 4 is 12.2 Å². The zero-order chi connectivity index (χ0) is 10.6. The average Bonchev–Trinajstić information content (AvgIpc) is 2.10. The topological polar surface area (TPSA) is 67.5 Å². The van der Waals surface area contributed by atoms with Crippen LogP contribution in [0.3, 0.4) is 0 Å². The van der Waals surface area contributed by atoms with Gasteiger partial charge in [-0.2, -0.15) is 5.10 Å². The van der Waals surface area contributed by atoms with Crippen LogP contribution >= 0.6 is 0 Å². The molecule has 0 bridgehead atoms. The Hall–Kier alpha value is -1.98. The molecule has 0 saturated heterocycles. The first-order valence-electron chi connectivity index (χ1n) is 3.63. The second-order valence-electron chi connectivity index (χ2n) is 2.40. The number of hydrazone groups is 1. The number of carbonyl (C=O) groups is 1. The summed E-state index contributed by atoms with van der Waals surface area (Å²) in [6, 6.07) is 2.01. The Morgan fingerprint density at radius 1 is 1.50 bits per heavy atom. The van der Waals surface area contributed by atoms with Crippen molar-refractivity contribution in [1.82, 2.24) is 5.43 Å². The van der Waals surface area contributed by atoms with E-state index in [9.17, 15) is 13.6 Å². The molecule has 1 aromatic carbocycles. The Morgan fingerprint density at radius 2 is 2.21 bits per heavy atom. The number of rotatable bonds is 2. The highest BCUT2D eigenvalue weighted by atomic mass is 19.1. The molecular formula is C8H7F2N3O. The van der Waals surface area contributed by atoms with Crippen LogP contribution < -0.4 is 11.2 Å². The minimum atomic E-state index is -0.877. The second kappa shape index (κ2) is 4.31. The van der Waals surface area contributed by atoms with Gasteiger partial charge in [-0.05, 0) is 18.2 Å². The van der Waals surface area contributed by atoms with Crippen LogP contribution in [-0.4, -0.2) is 12.2 Å². The predicted octanol–water partition coefficient (Wildman–Crippen LogP) is 0.967. The lowest BCUT2D eigenvalue weighted by atomic mass is 10.2. The molecule has 0 unspecified atom stereocenters. The molecule has 0 aromatic heterocycles. The number of benzene rings is 1. The fourth-order valence-electron chi connectivity index (χ4n) is 0.779. The highest BCUT2D eigenvalue weighted by molar-refractivity contribution is 5.81. The first kappa shape index (κ1) is 10.1. The minimum absolute atomic E-state index is 0.0706. The molecule has 0 heterocycles. The zero-order valence-corrected chi connectivity index (χ0v) is 7.00. The summed E-state index contributed by atoms with van der Waals surface area (Å²) in [7, 11) is 0. The van der Waals surface area contributed by atoms with Crippen LogP contribution in [0.5, 0.6) is 0 Å². The Morgan fingerprint density at radius 3 is 2.86 bits per heavy atom. The fourth-order valence-corrected chi connectivity index (χ4v) is 0.779. The summed E-state index contributed by atoms with van der Waals surface area (Å²) < 4.78 is 25.5. The van der Waals surface area contributed by atoms with Crippen LogP contribution in [0.2, 0.25) is 0 Å². The summed E-state index contributed by atoms with van der Waals surface area (Å²) in [4.78, 5) is 10.2. The highest BCUT2D eigenvalue weighted by Crippen LogP contribution is 2.06. The lowest BCUT2D eigenvalue weighted by Gasteiger charge is -1.96. The molecule has 14 heavy (non-hydrogen) atoms. The van der Waals surface area contributed by atoms with Crippen LogP contribution in [-0.2, 0) is 0 Å². The summed E-state index contributed by atoms with van der Waals surface area (Å²) in [5.74, 6) is -1.23. The molecule has 0 aliphatic carbocycles. The maximum absolute atomic E-state index is 12.9. The van der Waals surface area contributed by atoms with Crippen molar-refractivity contribution in [2.75, 3.05) is 0 Å². The third kappa shape index (κ3) is 2.81. The molecule has 1 aromatic rings. The fraction of sp³-hybridized carbons (Fsp3) is 0. The number of nitrogens with zero attached hydrogens (tertiary/aromatic N) is 1. The molecule has 2 amide bonds. The van der Waals surface area contributed by atoms with E-state index in [4.69, 9.17) is 5.73 Å². The van der Waals surface area contributed by atoms with Gasteiger partial charge in [0.25, 0.3) is 0 Å². The van der Waals surface area contributed by atoms with Crippen LogP contribution in [0.1, 0.15) is 5.56 Å². The molecular weight excluding hydrogens is 192 g/mol. The number of hydrogen-bond donors (Lipinski definition) is 2. The molecule has 1 rings (SSSR count). The Balaban J connectivity index is 2.80. The molecule has 0 aliphatic heterocycles. The minimum Gasteiger partial charge on any atom is -0.350 e. The number of halogens is 2. The van der Waals surface area contributed by atoms with Crippen LogP contribution in [0.25, 0.3) is 0 Å². The van der Waals surface area contributed by atoms with Crippen LogP contribution in [0, 0.1) is 11.6 Å².